The fourth-order valence-electron chi connectivity index (χ4n) is 1.34. The van der Waals surface area contributed by atoms with Gasteiger partial charge < -0.3 is 4.90 Å². The van der Waals surface area contributed by atoms with E-state index in [9.17, 15) is 10.1 Å². The Balaban J connectivity index is 2.19. The van der Waals surface area contributed by atoms with Crippen LogP contribution in [0.15, 0.2) is 24.3 Å². The zero-order chi connectivity index (χ0) is 10.7. The molecule has 15 heavy (non-hydrogen) atoms. The van der Waals surface area contributed by atoms with Gasteiger partial charge in [-0.2, -0.15) is 0 Å². The van der Waals surface area contributed by atoms with E-state index in [1.807, 2.05) is 29.6 Å². The van der Waals surface area contributed by atoms with Crippen LogP contribution in [0.5, 0.6) is 0 Å². The van der Waals surface area contributed by atoms with E-state index in [0.717, 1.165) is 22.5 Å². The van der Waals surface area contributed by atoms with E-state index < -0.39 is 0 Å². The molecule has 0 atom stereocenters. The van der Waals surface area contributed by atoms with Crippen molar-refractivity contribution in [2.75, 3.05) is 21.7 Å². The number of benzene rings is 1. The summed E-state index contributed by atoms with van der Waals surface area (Å²) in [5, 5.41) is 11.7. The number of anilines is 1. The van der Waals surface area contributed by atoms with Crippen molar-refractivity contribution in [3.05, 3.63) is 34.4 Å². The smallest absolute Gasteiger partial charge is 0.271 e. The highest BCUT2D eigenvalue weighted by Gasteiger charge is 2.14. The van der Waals surface area contributed by atoms with Crippen LogP contribution in [-0.4, -0.2) is 21.8 Å². The van der Waals surface area contributed by atoms with Gasteiger partial charge in [0.15, 0.2) is 0 Å². The molecule has 0 unspecified atom stereocenters. The predicted molar refractivity (Wildman–Crippen MR) is 65.4 cm³/mol. The van der Waals surface area contributed by atoms with Crippen LogP contribution < -0.4 is 4.90 Å². The molecule has 1 fully saturated rings. The third-order valence-electron chi connectivity index (χ3n) is 2.07. The maximum atomic E-state index is 10.6. The van der Waals surface area contributed by atoms with Gasteiger partial charge in [-0.3, -0.25) is 10.1 Å². The van der Waals surface area contributed by atoms with Crippen molar-refractivity contribution in [1.82, 2.24) is 0 Å². The molecule has 0 radical (unpaired) electrons. The average molecular weight is 242 g/mol. The van der Waals surface area contributed by atoms with Crippen molar-refractivity contribution in [2.24, 2.45) is 0 Å². The second kappa shape index (κ2) is 4.76. The van der Waals surface area contributed by atoms with Crippen LogP contribution >= 0.6 is 23.5 Å². The van der Waals surface area contributed by atoms with E-state index in [-0.39, 0.29) is 10.6 Å². The van der Waals surface area contributed by atoms with Crippen LogP contribution in [0.25, 0.3) is 0 Å². The lowest BCUT2D eigenvalue weighted by Crippen LogP contribution is -2.25. The first-order chi connectivity index (χ1) is 7.27. The van der Waals surface area contributed by atoms with E-state index >= 15 is 0 Å². The topological polar surface area (TPSA) is 46.4 Å². The number of nitro benzene ring substituents is 1. The molecule has 0 aromatic heterocycles. The molecule has 0 spiro atoms. The zero-order valence-corrected chi connectivity index (χ0v) is 9.59. The second-order valence-electron chi connectivity index (χ2n) is 3.10. The Kier molecular flexibility index (Phi) is 3.37. The molecule has 0 amide bonds. The van der Waals surface area contributed by atoms with Crippen LogP contribution in [0.2, 0.25) is 0 Å². The van der Waals surface area contributed by atoms with Crippen molar-refractivity contribution < 1.29 is 4.92 Å². The van der Waals surface area contributed by atoms with Crippen molar-refractivity contribution in [1.29, 1.82) is 0 Å². The normalized spacial score (nSPS) is 16.4. The predicted octanol–water partition coefficient (Wildman–Crippen LogP) is 2.75. The van der Waals surface area contributed by atoms with Gasteiger partial charge in [0.25, 0.3) is 5.69 Å². The summed E-state index contributed by atoms with van der Waals surface area (Å²) in [5.41, 5.74) is 1.09. The minimum Gasteiger partial charge on any atom is -0.353 e. The Morgan fingerprint density at radius 1 is 1.33 bits per heavy atom. The largest absolute Gasteiger partial charge is 0.353 e. The van der Waals surface area contributed by atoms with E-state index in [2.05, 4.69) is 4.90 Å². The Hall–Kier alpha value is -0.880. The zero-order valence-electron chi connectivity index (χ0n) is 7.96. The van der Waals surface area contributed by atoms with E-state index in [4.69, 9.17) is 0 Å². The minimum atomic E-state index is -0.353. The summed E-state index contributed by atoms with van der Waals surface area (Å²) < 4.78 is 0. The highest BCUT2D eigenvalue weighted by molar-refractivity contribution is 8.16. The first-order valence-corrected chi connectivity index (χ1v) is 6.73. The summed E-state index contributed by atoms with van der Waals surface area (Å²) in [6, 6.07) is 6.80. The summed E-state index contributed by atoms with van der Waals surface area (Å²) in [6.07, 6.45) is 0. The monoisotopic (exact) mass is 242 g/mol. The first kappa shape index (κ1) is 10.6. The molecule has 4 nitrogen and oxygen atoms in total. The number of hydrogen-bond donors (Lipinski definition) is 0. The number of thioether (sulfide) groups is 2. The fourth-order valence-corrected chi connectivity index (χ4v) is 3.45. The highest BCUT2D eigenvalue weighted by atomic mass is 32.2. The average Bonchev–Trinajstić information content (AvgIpc) is 2.30. The summed E-state index contributed by atoms with van der Waals surface area (Å²) in [5.74, 6) is 1.82. The maximum absolute atomic E-state index is 10.6. The third-order valence-corrected chi connectivity index (χ3v) is 4.39. The molecule has 2 rings (SSSR count). The third kappa shape index (κ3) is 2.57. The Morgan fingerprint density at radius 2 is 2.07 bits per heavy atom. The Bertz CT molecular complexity index is 367. The van der Waals surface area contributed by atoms with E-state index in [1.165, 1.54) is 6.07 Å². The summed E-state index contributed by atoms with van der Waals surface area (Å²) in [4.78, 5) is 12.4. The fraction of sp³-hybridized carbons (Fsp3) is 0.333. The molecule has 1 heterocycles. The van der Waals surface area contributed by atoms with Crippen LogP contribution in [0, 0.1) is 10.1 Å². The lowest BCUT2D eigenvalue weighted by atomic mass is 10.3. The van der Waals surface area contributed by atoms with Gasteiger partial charge in [-0.25, -0.2) is 0 Å². The lowest BCUT2D eigenvalue weighted by Gasteiger charge is -2.27. The summed E-state index contributed by atoms with van der Waals surface area (Å²) in [6.45, 7) is 0. The molecule has 1 aliphatic rings. The van der Waals surface area contributed by atoms with Crippen LogP contribution in [0.1, 0.15) is 0 Å². The number of hydrogen-bond acceptors (Lipinski definition) is 5. The molecule has 0 N–H and O–H groups in total. The Morgan fingerprint density at radius 3 is 2.73 bits per heavy atom. The standard InChI is InChI=1S/C9H10N2O2S2/c12-11(13)9-3-1-2-8(4-9)10-5-14-7-15-6-10/h1-4H,5-7H2. The number of nitrogens with zero attached hydrogens (tertiary/aromatic N) is 2. The molecule has 1 saturated heterocycles. The summed E-state index contributed by atoms with van der Waals surface area (Å²) >= 11 is 3.66. The quantitative estimate of drug-likeness (QED) is 0.589. The van der Waals surface area contributed by atoms with Gasteiger partial charge in [0.05, 0.1) is 16.7 Å². The Labute approximate surface area is 96.2 Å². The number of nitro groups is 1. The molecular weight excluding hydrogens is 232 g/mol. The van der Waals surface area contributed by atoms with Gasteiger partial charge in [-0.05, 0) is 6.07 Å². The van der Waals surface area contributed by atoms with Gasteiger partial charge in [0.2, 0.25) is 0 Å². The number of non-ortho nitro benzene ring substituents is 1. The van der Waals surface area contributed by atoms with Gasteiger partial charge in [-0.15, -0.1) is 23.5 Å². The van der Waals surface area contributed by atoms with Gasteiger partial charge in [-0.1, -0.05) is 6.07 Å². The molecular formula is C9H10N2O2S2. The molecule has 1 aliphatic heterocycles. The molecule has 6 heteroatoms. The van der Waals surface area contributed by atoms with Crippen LogP contribution in [-0.2, 0) is 0 Å². The summed E-state index contributed by atoms with van der Waals surface area (Å²) in [7, 11) is 0. The van der Waals surface area contributed by atoms with E-state index in [1.54, 1.807) is 12.1 Å². The molecule has 80 valence electrons. The first-order valence-electron chi connectivity index (χ1n) is 4.42. The molecule has 1 aromatic carbocycles. The lowest BCUT2D eigenvalue weighted by molar-refractivity contribution is -0.384. The van der Waals surface area contributed by atoms with Crippen LogP contribution in [0.3, 0.4) is 0 Å². The van der Waals surface area contributed by atoms with Gasteiger partial charge in [0.1, 0.15) is 0 Å². The van der Waals surface area contributed by atoms with E-state index in [0.29, 0.717) is 0 Å². The highest BCUT2D eigenvalue weighted by Crippen LogP contribution is 2.29. The maximum Gasteiger partial charge on any atom is 0.271 e. The second-order valence-corrected chi connectivity index (χ2v) is 5.38. The van der Waals surface area contributed by atoms with Crippen molar-refractivity contribution >= 4 is 34.9 Å². The van der Waals surface area contributed by atoms with Crippen molar-refractivity contribution in [3.8, 4) is 0 Å². The van der Waals surface area contributed by atoms with Gasteiger partial charge >= 0.3 is 0 Å². The van der Waals surface area contributed by atoms with Crippen molar-refractivity contribution in [2.45, 2.75) is 0 Å². The molecule has 1 aromatic rings. The van der Waals surface area contributed by atoms with Crippen molar-refractivity contribution in [3.63, 3.8) is 0 Å². The molecule has 0 saturated carbocycles. The SMILES string of the molecule is O=[N+]([O-])c1cccc(N2CSCSC2)c1. The molecule has 0 aliphatic carbocycles. The molecule has 0 bridgehead atoms. The number of rotatable bonds is 2. The van der Waals surface area contributed by atoms with Crippen LogP contribution in [0.4, 0.5) is 11.4 Å². The minimum absolute atomic E-state index is 0.160. The van der Waals surface area contributed by atoms with Gasteiger partial charge in [0, 0.05) is 22.9 Å².